The van der Waals surface area contributed by atoms with Crippen LogP contribution in [0.4, 0.5) is 0 Å². The predicted molar refractivity (Wildman–Crippen MR) is 123 cm³/mol. The third-order valence-electron chi connectivity index (χ3n) is 7.96. The fourth-order valence-electron chi connectivity index (χ4n) is 5.53. The molecule has 13 heteroatoms. The Morgan fingerprint density at radius 1 is 0.914 bits per heavy atom. The van der Waals surface area contributed by atoms with Gasteiger partial charge in [-0.2, -0.15) is 0 Å². The van der Waals surface area contributed by atoms with Gasteiger partial charge in [0.1, 0.15) is 23.9 Å². The number of nitrogens with two attached hydrogens (primary N) is 4. The summed E-state index contributed by atoms with van der Waals surface area (Å²) in [6.07, 6.45) is -4.16. The van der Waals surface area contributed by atoms with Crippen LogP contribution in [0.1, 0.15) is 39.0 Å². The summed E-state index contributed by atoms with van der Waals surface area (Å²) < 4.78 is 30.0. The molecule has 1 aliphatic carbocycles. The van der Waals surface area contributed by atoms with Crippen molar-refractivity contribution in [3.8, 4) is 0 Å². The Kier molecular flexibility index (Phi) is 8.70. The monoisotopic (exact) mass is 505 g/mol. The molecule has 4 fully saturated rings. The maximum atomic E-state index is 11.4. The van der Waals surface area contributed by atoms with Gasteiger partial charge in [-0.1, -0.05) is 0 Å². The van der Waals surface area contributed by atoms with Crippen LogP contribution < -0.4 is 28.3 Å². The summed E-state index contributed by atoms with van der Waals surface area (Å²) in [5, 5.41) is 35.0. The average molecular weight is 506 g/mol. The van der Waals surface area contributed by atoms with Crippen molar-refractivity contribution in [2.24, 2.45) is 22.9 Å². The maximum absolute atomic E-state index is 11.4. The molecule has 12 N–H and O–H groups in total. The molecule has 0 aromatic carbocycles. The number of likely N-dealkylation sites (N-methyl/N-ethyl adjacent to an activating group) is 1. The summed E-state index contributed by atoms with van der Waals surface area (Å²) >= 11 is 0. The van der Waals surface area contributed by atoms with Crippen molar-refractivity contribution in [1.82, 2.24) is 5.32 Å². The van der Waals surface area contributed by atoms with Crippen molar-refractivity contribution < 1.29 is 39.0 Å². The van der Waals surface area contributed by atoms with E-state index < -0.39 is 61.0 Å². The lowest BCUT2D eigenvalue weighted by Gasteiger charge is -2.53. The normalized spacial score (nSPS) is 53.6. The molecule has 0 amide bonds. The molecule has 0 aromatic heterocycles. The number of ether oxygens (including phenoxy) is 5. The Morgan fingerprint density at radius 3 is 2.34 bits per heavy atom. The zero-order valence-electron chi connectivity index (χ0n) is 20.4. The second-order valence-corrected chi connectivity index (χ2v) is 10.5. The van der Waals surface area contributed by atoms with Gasteiger partial charge >= 0.3 is 0 Å². The van der Waals surface area contributed by atoms with Gasteiger partial charge in [-0.15, -0.1) is 0 Å². The van der Waals surface area contributed by atoms with Crippen LogP contribution in [0.2, 0.25) is 0 Å². The SMILES string of the molecule is CNC1C(O[C@H]2OC(C)[C@@H](N)C(O)C2O)OCC2(CCC(N)[C@@H](O[C@H]3CC[C@H](N)CC3N)O2)C1O. The fraction of sp³-hybridized carbons (Fsp3) is 1.00. The highest BCUT2D eigenvalue weighted by Gasteiger charge is 2.56. The van der Waals surface area contributed by atoms with Crippen LogP contribution in [0.3, 0.4) is 0 Å². The van der Waals surface area contributed by atoms with Crippen molar-refractivity contribution in [3.63, 3.8) is 0 Å². The fourth-order valence-corrected chi connectivity index (χ4v) is 5.53. The molecule has 35 heavy (non-hydrogen) atoms. The van der Waals surface area contributed by atoms with Crippen LogP contribution in [-0.2, 0) is 23.7 Å². The molecule has 204 valence electrons. The van der Waals surface area contributed by atoms with Gasteiger partial charge in [0.15, 0.2) is 18.9 Å². The quantitative estimate of drug-likeness (QED) is 0.182. The standard InChI is InChI=1S/C22H43N5O8/c1-9-14(26)16(28)17(29)21(32-9)34-20-15(27-2)18(30)22(8-31-20)6-5-11(24)19(35-22)33-13-4-3-10(23)7-12(13)25/h9-21,27-30H,3-8,23-26H2,1-2H3/t9?,10-,11?,12?,13-,14+,15?,16?,17?,18?,19-,20?,21+,22?/m0/s1. The Bertz CT molecular complexity index is 711. The Hall–Kier alpha value is -0.520. The number of aliphatic hydroxyl groups excluding tert-OH is 3. The van der Waals surface area contributed by atoms with Crippen molar-refractivity contribution in [2.75, 3.05) is 13.7 Å². The van der Waals surface area contributed by atoms with E-state index in [2.05, 4.69) is 5.32 Å². The molecule has 13 nitrogen and oxygen atoms in total. The topological polar surface area (TPSA) is 223 Å². The summed E-state index contributed by atoms with van der Waals surface area (Å²) in [6, 6.07) is -2.01. The number of rotatable bonds is 5. The van der Waals surface area contributed by atoms with Crippen LogP contribution >= 0.6 is 0 Å². The van der Waals surface area contributed by atoms with E-state index in [0.29, 0.717) is 25.7 Å². The van der Waals surface area contributed by atoms with Crippen LogP contribution in [0.5, 0.6) is 0 Å². The van der Waals surface area contributed by atoms with E-state index in [-0.39, 0.29) is 30.8 Å². The summed E-state index contributed by atoms with van der Waals surface area (Å²) in [6.45, 7) is 1.69. The second kappa shape index (κ2) is 11.1. The molecule has 1 spiro atoms. The highest BCUT2D eigenvalue weighted by atomic mass is 16.8. The average Bonchev–Trinajstić information content (AvgIpc) is 2.82. The van der Waals surface area contributed by atoms with E-state index in [1.165, 1.54) is 0 Å². The van der Waals surface area contributed by atoms with Crippen molar-refractivity contribution >= 4 is 0 Å². The minimum Gasteiger partial charge on any atom is -0.388 e. The molecule has 4 aliphatic rings. The molecular formula is C22H43N5O8. The Balaban J connectivity index is 1.42. The zero-order chi connectivity index (χ0) is 25.5. The van der Waals surface area contributed by atoms with Crippen molar-refractivity contribution in [3.05, 3.63) is 0 Å². The van der Waals surface area contributed by atoms with Gasteiger partial charge in [0.05, 0.1) is 36.9 Å². The van der Waals surface area contributed by atoms with E-state index in [1.807, 2.05) is 0 Å². The lowest BCUT2D eigenvalue weighted by molar-refractivity contribution is -0.369. The summed E-state index contributed by atoms with van der Waals surface area (Å²) in [5.41, 5.74) is 23.4. The summed E-state index contributed by atoms with van der Waals surface area (Å²) in [4.78, 5) is 0. The largest absolute Gasteiger partial charge is 0.388 e. The van der Waals surface area contributed by atoms with E-state index in [4.69, 9.17) is 46.6 Å². The first kappa shape index (κ1) is 27.5. The number of aliphatic hydroxyl groups is 3. The molecule has 4 rings (SSSR count). The molecule has 1 saturated carbocycles. The lowest BCUT2D eigenvalue weighted by atomic mass is 9.81. The molecule has 0 radical (unpaired) electrons. The molecule has 3 aliphatic heterocycles. The molecular weight excluding hydrogens is 462 g/mol. The van der Waals surface area contributed by atoms with Gasteiger partial charge < -0.3 is 67.3 Å². The van der Waals surface area contributed by atoms with Crippen molar-refractivity contribution in [1.29, 1.82) is 0 Å². The van der Waals surface area contributed by atoms with E-state index in [9.17, 15) is 15.3 Å². The van der Waals surface area contributed by atoms with E-state index in [0.717, 1.165) is 6.42 Å². The highest BCUT2D eigenvalue weighted by Crippen LogP contribution is 2.39. The molecule has 14 atom stereocenters. The van der Waals surface area contributed by atoms with E-state index >= 15 is 0 Å². The minimum atomic E-state index is -1.37. The second-order valence-electron chi connectivity index (χ2n) is 10.5. The first-order valence-electron chi connectivity index (χ1n) is 12.6. The third-order valence-corrected chi connectivity index (χ3v) is 7.96. The zero-order valence-corrected chi connectivity index (χ0v) is 20.4. The van der Waals surface area contributed by atoms with Gasteiger partial charge in [0, 0.05) is 12.1 Å². The Morgan fingerprint density at radius 2 is 1.66 bits per heavy atom. The first-order valence-corrected chi connectivity index (χ1v) is 12.6. The highest BCUT2D eigenvalue weighted by molar-refractivity contribution is 5.04. The maximum Gasteiger partial charge on any atom is 0.189 e. The lowest BCUT2D eigenvalue weighted by Crippen LogP contribution is -2.71. The molecule has 3 saturated heterocycles. The smallest absolute Gasteiger partial charge is 0.189 e. The first-order chi connectivity index (χ1) is 16.6. The summed E-state index contributed by atoms with van der Waals surface area (Å²) in [5.74, 6) is 0. The minimum absolute atomic E-state index is 0.00558. The van der Waals surface area contributed by atoms with Crippen LogP contribution in [0, 0.1) is 0 Å². The number of nitrogens with one attached hydrogen (secondary N) is 1. The van der Waals surface area contributed by atoms with Crippen LogP contribution in [0.25, 0.3) is 0 Å². The predicted octanol–water partition coefficient (Wildman–Crippen LogP) is -3.47. The molecule has 0 bridgehead atoms. The van der Waals surface area contributed by atoms with Gasteiger partial charge in [0.25, 0.3) is 0 Å². The van der Waals surface area contributed by atoms with Gasteiger partial charge in [-0.3, -0.25) is 0 Å². The van der Waals surface area contributed by atoms with Gasteiger partial charge in [-0.05, 0) is 46.1 Å². The van der Waals surface area contributed by atoms with Crippen LogP contribution in [0.15, 0.2) is 0 Å². The molecule has 3 heterocycles. The van der Waals surface area contributed by atoms with Crippen LogP contribution in [-0.4, -0.2) is 114 Å². The van der Waals surface area contributed by atoms with Crippen molar-refractivity contribution in [2.45, 2.75) is 124 Å². The third kappa shape index (κ3) is 5.53. The molecule has 0 aromatic rings. The Labute approximate surface area is 205 Å². The number of hydrogen-bond donors (Lipinski definition) is 8. The van der Waals surface area contributed by atoms with Gasteiger partial charge in [0.2, 0.25) is 0 Å². The summed E-state index contributed by atoms with van der Waals surface area (Å²) in [7, 11) is 1.66. The molecule has 9 unspecified atom stereocenters. The van der Waals surface area contributed by atoms with Gasteiger partial charge in [-0.25, -0.2) is 0 Å². The van der Waals surface area contributed by atoms with E-state index in [1.54, 1.807) is 14.0 Å². The number of hydrogen-bond acceptors (Lipinski definition) is 13.